The Morgan fingerprint density at radius 3 is 2.53 bits per heavy atom. The highest BCUT2D eigenvalue weighted by atomic mass is 16.2. The van der Waals surface area contributed by atoms with Crippen LogP contribution < -0.4 is 5.32 Å². The first-order valence-corrected chi connectivity index (χ1v) is 7.81. The molecule has 0 aromatic rings. The minimum absolute atomic E-state index is 0.111. The largest absolute Gasteiger partial charge is 0.340 e. The average Bonchev–Trinajstić information content (AvgIpc) is 3.12. The van der Waals surface area contributed by atoms with Gasteiger partial charge in [-0.2, -0.15) is 0 Å². The van der Waals surface area contributed by atoms with E-state index in [4.69, 9.17) is 0 Å². The molecule has 2 saturated carbocycles. The van der Waals surface area contributed by atoms with Gasteiger partial charge in [-0.15, -0.1) is 0 Å². The third-order valence-electron chi connectivity index (χ3n) is 4.92. The molecule has 0 aromatic heterocycles. The molecule has 1 aliphatic heterocycles. The summed E-state index contributed by atoms with van der Waals surface area (Å²) >= 11 is 0. The van der Waals surface area contributed by atoms with Crippen molar-refractivity contribution in [3.05, 3.63) is 0 Å². The molecule has 1 unspecified atom stereocenters. The minimum Gasteiger partial charge on any atom is -0.340 e. The normalized spacial score (nSPS) is 29.9. The van der Waals surface area contributed by atoms with Gasteiger partial charge in [-0.05, 0) is 38.0 Å². The fourth-order valence-electron chi connectivity index (χ4n) is 3.67. The van der Waals surface area contributed by atoms with E-state index in [0.717, 1.165) is 57.9 Å². The highest BCUT2D eigenvalue weighted by Crippen LogP contribution is 2.41. The maximum atomic E-state index is 12.9. The highest BCUT2D eigenvalue weighted by molar-refractivity contribution is 6.00. The molecule has 1 spiro atoms. The van der Waals surface area contributed by atoms with Gasteiger partial charge in [-0.1, -0.05) is 26.2 Å². The molecule has 3 fully saturated rings. The van der Waals surface area contributed by atoms with Crippen molar-refractivity contribution in [2.45, 2.75) is 69.9 Å². The Labute approximate surface area is 114 Å². The summed E-state index contributed by atoms with van der Waals surface area (Å²) in [6.07, 6.45) is 8.04. The van der Waals surface area contributed by atoms with Crippen molar-refractivity contribution in [1.82, 2.24) is 10.2 Å². The Balaban J connectivity index is 1.84. The standard InChI is InChI=1S/C15H24N2O2/c1-2-3-10-17-12(11-6-7-11)13(18)16-15(14(17)19)8-4-5-9-15/h11-12H,2-10H2,1H3,(H,16,18). The van der Waals surface area contributed by atoms with Crippen LogP contribution in [0.1, 0.15) is 58.3 Å². The third-order valence-corrected chi connectivity index (χ3v) is 4.92. The van der Waals surface area contributed by atoms with Crippen LogP contribution in [0, 0.1) is 5.92 Å². The molecule has 0 radical (unpaired) electrons. The Morgan fingerprint density at radius 2 is 1.95 bits per heavy atom. The zero-order valence-corrected chi connectivity index (χ0v) is 11.8. The van der Waals surface area contributed by atoms with Gasteiger partial charge in [0.25, 0.3) is 0 Å². The summed E-state index contributed by atoms with van der Waals surface area (Å²) in [4.78, 5) is 27.2. The number of hydrogen-bond donors (Lipinski definition) is 1. The summed E-state index contributed by atoms with van der Waals surface area (Å²) < 4.78 is 0. The average molecular weight is 264 g/mol. The van der Waals surface area contributed by atoms with E-state index in [0.29, 0.717) is 5.92 Å². The predicted molar refractivity (Wildman–Crippen MR) is 72.5 cm³/mol. The number of nitrogens with zero attached hydrogens (tertiary/aromatic N) is 1. The zero-order valence-electron chi connectivity index (χ0n) is 11.8. The maximum absolute atomic E-state index is 12.9. The van der Waals surface area contributed by atoms with Crippen LogP contribution in [0.25, 0.3) is 0 Å². The Kier molecular flexibility index (Phi) is 3.27. The fraction of sp³-hybridized carbons (Fsp3) is 0.867. The van der Waals surface area contributed by atoms with Gasteiger partial charge >= 0.3 is 0 Å². The molecular formula is C15H24N2O2. The summed E-state index contributed by atoms with van der Waals surface area (Å²) in [5.41, 5.74) is -0.545. The number of nitrogens with one attached hydrogen (secondary N) is 1. The van der Waals surface area contributed by atoms with Crippen molar-refractivity contribution in [2.24, 2.45) is 5.92 Å². The van der Waals surface area contributed by atoms with Crippen LogP contribution >= 0.6 is 0 Å². The van der Waals surface area contributed by atoms with Crippen molar-refractivity contribution in [1.29, 1.82) is 0 Å². The molecule has 106 valence electrons. The number of rotatable bonds is 4. The molecule has 0 aromatic carbocycles. The van der Waals surface area contributed by atoms with Crippen molar-refractivity contribution in [2.75, 3.05) is 6.54 Å². The summed E-state index contributed by atoms with van der Waals surface area (Å²) in [5.74, 6) is 0.731. The lowest BCUT2D eigenvalue weighted by Crippen LogP contribution is -2.70. The van der Waals surface area contributed by atoms with Gasteiger partial charge in [0, 0.05) is 6.54 Å². The van der Waals surface area contributed by atoms with Gasteiger partial charge in [-0.3, -0.25) is 9.59 Å². The molecule has 4 nitrogen and oxygen atoms in total. The number of amides is 2. The van der Waals surface area contributed by atoms with Crippen LogP contribution in [0.15, 0.2) is 0 Å². The maximum Gasteiger partial charge on any atom is 0.249 e. The molecule has 4 heteroatoms. The lowest BCUT2D eigenvalue weighted by Gasteiger charge is -2.44. The van der Waals surface area contributed by atoms with E-state index < -0.39 is 5.54 Å². The summed E-state index contributed by atoms with van der Waals surface area (Å²) in [7, 11) is 0. The Morgan fingerprint density at radius 1 is 1.26 bits per heavy atom. The van der Waals surface area contributed by atoms with Gasteiger partial charge in [0.05, 0.1) is 0 Å². The monoisotopic (exact) mass is 264 g/mol. The van der Waals surface area contributed by atoms with Crippen LogP contribution in [0.2, 0.25) is 0 Å². The fourth-order valence-corrected chi connectivity index (χ4v) is 3.67. The van der Waals surface area contributed by atoms with E-state index >= 15 is 0 Å². The number of piperazine rings is 1. The SMILES string of the molecule is CCCCN1C(=O)C2(CCCC2)NC(=O)C1C1CC1. The minimum atomic E-state index is -0.545. The van der Waals surface area contributed by atoms with Crippen molar-refractivity contribution in [3.63, 3.8) is 0 Å². The number of carbonyl (C=O) groups is 2. The molecule has 19 heavy (non-hydrogen) atoms. The lowest BCUT2D eigenvalue weighted by molar-refractivity contribution is -0.155. The lowest BCUT2D eigenvalue weighted by atomic mass is 9.89. The van der Waals surface area contributed by atoms with Gasteiger partial charge in [0.1, 0.15) is 11.6 Å². The van der Waals surface area contributed by atoms with E-state index in [9.17, 15) is 9.59 Å². The first-order valence-electron chi connectivity index (χ1n) is 7.81. The molecule has 0 bridgehead atoms. The van der Waals surface area contributed by atoms with Crippen LogP contribution in [0.3, 0.4) is 0 Å². The van der Waals surface area contributed by atoms with Crippen molar-refractivity contribution >= 4 is 11.8 Å². The first kappa shape index (κ1) is 12.9. The molecule has 3 rings (SSSR count). The first-order chi connectivity index (χ1) is 9.18. The van der Waals surface area contributed by atoms with E-state index in [1.807, 2.05) is 4.90 Å². The van der Waals surface area contributed by atoms with Gasteiger partial charge in [0.2, 0.25) is 11.8 Å². The smallest absolute Gasteiger partial charge is 0.249 e. The van der Waals surface area contributed by atoms with E-state index in [2.05, 4.69) is 12.2 Å². The summed E-state index contributed by atoms with van der Waals surface area (Å²) in [6, 6.07) is -0.176. The second kappa shape index (κ2) is 4.80. The van der Waals surface area contributed by atoms with Crippen LogP contribution in [0.4, 0.5) is 0 Å². The molecule has 1 heterocycles. The molecule has 1 atom stereocenters. The van der Waals surface area contributed by atoms with Crippen LogP contribution in [-0.4, -0.2) is 34.8 Å². The van der Waals surface area contributed by atoms with Crippen LogP contribution in [-0.2, 0) is 9.59 Å². The van der Waals surface area contributed by atoms with Gasteiger partial charge < -0.3 is 10.2 Å². The number of carbonyl (C=O) groups excluding carboxylic acids is 2. The number of hydrogen-bond acceptors (Lipinski definition) is 2. The molecular weight excluding hydrogens is 240 g/mol. The van der Waals surface area contributed by atoms with Gasteiger partial charge in [0.15, 0.2) is 0 Å². The Hall–Kier alpha value is -1.06. The second-order valence-corrected chi connectivity index (χ2v) is 6.41. The quantitative estimate of drug-likeness (QED) is 0.842. The van der Waals surface area contributed by atoms with E-state index in [1.165, 1.54) is 0 Å². The summed E-state index contributed by atoms with van der Waals surface area (Å²) in [5, 5.41) is 3.09. The van der Waals surface area contributed by atoms with Crippen molar-refractivity contribution < 1.29 is 9.59 Å². The van der Waals surface area contributed by atoms with E-state index in [1.54, 1.807) is 0 Å². The Bertz CT molecular complexity index is 384. The highest BCUT2D eigenvalue weighted by Gasteiger charge is 2.54. The summed E-state index contributed by atoms with van der Waals surface area (Å²) in [6.45, 7) is 2.89. The molecule has 1 saturated heterocycles. The number of unbranched alkanes of at least 4 members (excludes halogenated alkanes) is 1. The third kappa shape index (κ3) is 2.15. The molecule has 1 N–H and O–H groups in total. The second-order valence-electron chi connectivity index (χ2n) is 6.41. The zero-order chi connectivity index (χ0) is 13.5. The van der Waals surface area contributed by atoms with Crippen LogP contribution in [0.5, 0.6) is 0 Å². The topological polar surface area (TPSA) is 49.4 Å². The molecule has 2 aliphatic carbocycles. The molecule has 3 aliphatic rings. The van der Waals surface area contributed by atoms with Crippen molar-refractivity contribution in [3.8, 4) is 0 Å². The predicted octanol–water partition coefficient (Wildman–Crippen LogP) is 1.84. The van der Waals surface area contributed by atoms with Gasteiger partial charge in [-0.25, -0.2) is 0 Å². The van der Waals surface area contributed by atoms with E-state index in [-0.39, 0.29) is 17.9 Å². The molecule has 2 amide bonds.